The molecular formula is C6H10N2O2. The van der Waals surface area contributed by atoms with Crippen molar-refractivity contribution in [3.63, 3.8) is 0 Å². The number of amides is 1. The Kier molecular flexibility index (Phi) is 4.29. The molecule has 0 heterocycles. The van der Waals surface area contributed by atoms with Crippen molar-refractivity contribution in [2.24, 2.45) is 5.73 Å². The van der Waals surface area contributed by atoms with Gasteiger partial charge in [-0.05, 0) is 0 Å². The van der Waals surface area contributed by atoms with Crippen molar-refractivity contribution in [3.05, 3.63) is 0 Å². The summed E-state index contributed by atoms with van der Waals surface area (Å²) in [5.74, 6) is 1.86. The predicted molar refractivity (Wildman–Crippen MR) is 36.6 cm³/mol. The van der Waals surface area contributed by atoms with Gasteiger partial charge in [-0.3, -0.25) is 9.63 Å². The van der Waals surface area contributed by atoms with E-state index in [1.54, 1.807) is 0 Å². The molecule has 0 aromatic rings. The van der Waals surface area contributed by atoms with Crippen LogP contribution >= 0.6 is 0 Å². The lowest BCUT2D eigenvalue weighted by atomic mass is 10.2. The van der Waals surface area contributed by atoms with Crippen LogP contribution in [-0.2, 0) is 9.63 Å². The van der Waals surface area contributed by atoms with E-state index in [0.29, 0.717) is 0 Å². The van der Waals surface area contributed by atoms with Crippen LogP contribution in [0.25, 0.3) is 0 Å². The molecule has 10 heavy (non-hydrogen) atoms. The lowest BCUT2D eigenvalue weighted by Gasteiger charge is -2.05. The number of rotatable bonds is 3. The van der Waals surface area contributed by atoms with E-state index < -0.39 is 11.9 Å². The topological polar surface area (TPSA) is 64.4 Å². The monoisotopic (exact) mass is 142 g/mol. The van der Waals surface area contributed by atoms with Gasteiger partial charge in [0.15, 0.2) is 0 Å². The van der Waals surface area contributed by atoms with Crippen LogP contribution in [-0.4, -0.2) is 19.1 Å². The maximum absolute atomic E-state index is 10.7. The zero-order valence-electron chi connectivity index (χ0n) is 5.76. The van der Waals surface area contributed by atoms with Crippen molar-refractivity contribution in [2.75, 3.05) is 7.11 Å². The summed E-state index contributed by atoms with van der Waals surface area (Å²) in [4.78, 5) is 15.0. The average molecular weight is 142 g/mol. The number of nitrogens with one attached hydrogen (secondary N) is 1. The summed E-state index contributed by atoms with van der Waals surface area (Å²) in [6, 6.07) is -0.676. The molecular weight excluding hydrogens is 132 g/mol. The van der Waals surface area contributed by atoms with Crippen LogP contribution in [0.5, 0.6) is 0 Å². The first-order valence-corrected chi connectivity index (χ1v) is 2.74. The van der Waals surface area contributed by atoms with Gasteiger partial charge in [-0.25, -0.2) is 5.48 Å². The predicted octanol–water partition coefficient (Wildman–Crippen LogP) is -0.985. The van der Waals surface area contributed by atoms with Gasteiger partial charge in [-0.2, -0.15) is 0 Å². The third-order valence-corrected chi connectivity index (χ3v) is 0.877. The summed E-state index contributed by atoms with van der Waals surface area (Å²) in [6.45, 7) is 0. The fourth-order valence-electron chi connectivity index (χ4n) is 0.396. The van der Waals surface area contributed by atoms with Crippen molar-refractivity contribution in [1.82, 2.24) is 5.48 Å². The third kappa shape index (κ3) is 3.07. The first kappa shape index (κ1) is 8.95. The molecule has 1 unspecified atom stereocenters. The zero-order chi connectivity index (χ0) is 7.98. The lowest BCUT2D eigenvalue weighted by molar-refractivity contribution is -0.132. The molecule has 3 N–H and O–H groups in total. The number of hydrogen-bond acceptors (Lipinski definition) is 3. The molecule has 0 bridgehead atoms. The summed E-state index contributed by atoms with van der Waals surface area (Å²) in [7, 11) is 1.33. The standard InChI is InChI=1S/C6H10N2O2/c1-3-4-5(7)6(9)8-10-2/h1,5H,4,7H2,2H3,(H,8,9). The van der Waals surface area contributed by atoms with Crippen LogP contribution in [0.15, 0.2) is 0 Å². The van der Waals surface area contributed by atoms with E-state index in [1.165, 1.54) is 7.11 Å². The highest BCUT2D eigenvalue weighted by Gasteiger charge is 2.10. The van der Waals surface area contributed by atoms with E-state index in [-0.39, 0.29) is 6.42 Å². The van der Waals surface area contributed by atoms with Gasteiger partial charge < -0.3 is 5.73 Å². The molecule has 56 valence electrons. The van der Waals surface area contributed by atoms with Gasteiger partial charge in [0.05, 0.1) is 13.2 Å². The van der Waals surface area contributed by atoms with Gasteiger partial charge in [0.1, 0.15) is 0 Å². The number of carbonyl (C=O) groups is 1. The highest BCUT2D eigenvalue weighted by atomic mass is 16.6. The number of hydrogen-bond donors (Lipinski definition) is 2. The number of carbonyl (C=O) groups excluding carboxylic acids is 1. The van der Waals surface area contributed by atoms with Crippen LogP contribution in [0.1, 0.15) is 6.42 Å². The summed E-state index contributed by atoms with van der Waals surface area (Å²) in [5, 5.41) is 0. The maximum Gasteiger partial charge on any atom is 0.261 e. The zero-order valence-corrected chi connectivity index (χ0v) is 5.76. The van der Waals surface area contributed by atoms with E-state index in [1.807, 2.05) is 0 Å². The summed E-state index contributed by atoms with van der Waals surface area (Å²) in [6.07, 6.45) is 5.13. The Labute approximate surface area is 59.7 Å². The molecule has 0 aromatic heterocycles. The molecule has 4 heteroatoms. The van der Waals surface area contributed by atoms with Gasteiger partial charge in [-0.15, -0.1) is 12.3 Å². The van der Waals surface area contributed by atoms with E-state index in [2.05, 4.69) is 16.2 Å². The van der Waals surface area contributed by atoms with E-state index in [0.717, 1.165) is 0 Å². The van der Waals surface area contributed by atoms with Crippen LogP contribution in [0, 0.1) is 12.3 Å². The second-order valence-corrected chi connectivity index (χ2v) is 1.69. The lowest BCUT2D eigenvalue weighted by Crippen LogP contribution is -2.39. The maximum atomic E-state index is 10.7. The Morgan fingerprint density at radius 3 is 3.00 bits per heavy atom. The minimum absolute atomic E-state index is 0.217. The Bertz CT molecular complexity index is 150. The molecule has 1 amide bonds. The van der Waals surface area contributed by atoms with Gasteiger partial charge in [0.25, 0.3) is 5.91 Å². The fraction of sp³-hybridized carbons (Fsp3) is 0.500. The van der Waals surface area contributed by atoms with Gasteiger partial charge in [0, 0.05) is 6.42 Å². The van der Waals surface area contributed by atoms with Crippen LogP contribution in [0.4, 0.5) is 0 Å². The fourth-order valence-corrected chi connectivity index (χ4v) is 0.396. The second kappa shape index (κ2) is 4.79. The SMILES string of the molecule is C#CCC(N)C(=O)NOC. The average Bonchev–Trinajstić information content (AvgIpc) is 1.89. The Balaban J connectivity index is 3.62. The Hall–Kier alpha value is -1.05. The van der Waals surface area contributed by atoms with E-state index >= 15 is 0 Å². The van der Waals surface area contributed by atoms with Crippen LogP contribution < -0.4 is 11.2 Å². The smallest absolute Gasteiger partial charge is 0.261 e. The van der Waals surface area contributed by atoms with Crippen molar-refractivity contribution < 1.29 is 9.63 Å². The Morgan fingerprint density at radius 2 is 2.60 bits per heavy atom. The van der Waals surface area contributed by atoms with E-state index in [4.69, 9.17) is 12.2 Å². The first-order valence-electron chi connectivity index (χ1n) is 2.74. The summed E-state index contributed by atoms with van der Waals surface area (Å²) < 4.78 is 0. The van der Waals surface area contributed by atoms with Crippen molar-refractivity contribution in [3.8, 4) is 12.3 Å². The normalized spacial score (nSPS) is 11.7. The van der Waals surface area contributed by atoms with Gasteiger partial charge >= 0.3 is 0 Å². The second-order valence-electron chi connectivity index (χ2n) is 1.69. The minimum Gasteiger partial charge on any atom is -0.319 e. The van der Waals surface area contributed by atoms with Crippen molar-refractivity contribution in [1.29, 1.82) is 0 Å². The van der Waals surface area contributed by atoms with Crippen LogP contribution in [0.3, 0.4) is 0 Å². The van der Waals surface area contributed by atoms with E-state index in [9.17, 15) is 4.79 Å². The molecule has 0 aliphatic rings. The quantitative estimate of drug-likeness (QED) is 0.393. The molecule has 0 fully saturated rings. The number of terminal acetylenes is 1. The number of hydroxylamine groups is 1. The van der Waals surface area contributed by atoms with Gasteiger partial charge in [-0.1, -0.05) is 0 Å². The number of nitrogens with two attached hydrogens (primary N) is 1. The molecule has 0 saturated carbocycles. The van der Waals surface area contributed by atoms with Crippen LogP contribution in [0.2, 0.25) is 0 Å². The largest absolute Gasteiger partial charge is 0.319 e. The highest BCUT2D eigenvalue weighted by Crippen LogP contribution is 1.84. The highest BCUT2D eigenvalue weighted by molar-refractivity contribution is 5.80. The van der Waals surface area contributed by atoms with Crippen molar-refractivity contribution >= 4 is 5.91 Å². The molecule has 1 atom stereocenters. The molecule has 0 aromatic carbocycles. The third-order valence-electron chi connectivity index (χ3n) is 0.877. The molecule has 0 aliphatic heterocycles. The van der Waals surface area contributed by atoms with Crippen molar-refractivity contribution in [2.45, 2.75) is 12.5 Å². The molecule has 0 aliphatic carbocycles. The minimum atomic E-state index is -0.676. The molecule has 0 spiro atoms. The summed E-state index contributed by atoms with van der Waals surface area (Å²) in [5.41, 5.74) is 7.35. The summed E-state index contributed by atoms with van der Waals surface area (Å²) >= 11 is 0. The Morgan fingerprint density at radius 1 is 2.00 bits per heavy atom. The molecule has 0 saturated heterocycles. The molecule has 0 rings (SSSR count). The first-order chi connectivity index (χ1) is 4.72. The van der Waals surface area contributed by atoms with Gasteiger partial charge in [0.2, 0.25) is 0 Å². The molecule has 4 nitrogen and oxygen atoms in total. The molecule has 0 radical (unpaired) electrons.